The molecule has 4 nitrogen and oxygen atoms in total. The first-order valence-electron chi connectivity index (χ1n) is 11.4. The first-order valence-corrected chi connectivity index (χ1v) is 11.8. The zero-order valence-electron chi connectivity index (χ0n) is 18.9. The standard InChI is InChI=1S/C27H23ClF3N3O/c28-22-15-20(34-9-3-5-18-4-1-2-6-26(18)34)7-8-21(22)27(35)33-12-10-32(11-13-33)17-19-14-24(30)25(31)16-23(19)29/h1-4,6-9,14-16H,5,10-13,17H2. The molecule has 2 heterocycles. The number of carbonyl (C=O) groups is 1. The molecule has 0 spiro atoms. The van der Waals surface area contributed by atoms with Gasteiger partial charge in [0.15, 0.2) is 11.6 Å². The van der Waals surface area contributed by atoms with Crippen molar-refractivity contribution >= 4 is 28.9 Å². The molecule has 180 valence electrons. The summed E-state index contributed by atoms with van der Waals surface area (Å²) in [5.41, 5.74) is 3.68. The summed E-state index contributed by atoms with van der Waals surface area (Å²) in [4.78, 5) is 18.8. The number of rotatable bonds is 4. The van der Waals surface area contributed by atoms with Gasteiger partial charge in [0.1, 0.15) is 5.82 Å². The van der Waals surface area contributed by atoms with E-state index in [0.717, 1.165) is 23.9 Å². The van der Waals surface area contributed by atoms with Crippen molar-refractivity contribution in [1.82, 2.24) is 9.80 Å². The Hall–Kier alpha value is -3.29. The Morgan fingerprint density at radius 2 is 1.63 bits per heavy atom. The molecule has 2 aliphatic heterocycles. The van der Waals surface area contributed by atoms with Gasteiger partial charge < -0.3 is 9.80 Å². The lowest BCUT2D eigenvalue weighted by Crippen LogP contribution is -2.48. The maximum absolute atomic E-state index is 14.0. The quantitative estimate of drug-likeness (QED) is 0.418. The molecule has 35 heavy (non-hydrogen) atoms. The Morgan fingerprint density at radius 3 is 2.40 bits per heavy atom. The van der Waals surface area contributed by atoms with Gasteiger partial charge in [-0.05, 0) is 42.3 Å². The second kappa shape index (κ2) is 9.76. The molecule has 0 unspecified atom stereocenters. The number of para-hydroxylation sites is 1. The van der Waals surface area contributed by atoms with Crippen LogP contribution in [0.2, 0.25) is 5.02 Å². The Kier molecular flexibility index (Phi) is 6.54. The molecule has 2 aliphatic rings. The molecular weight excluding hydrogens is 475 g/mol. The van der Waals surface area contributed by atoms with E-state index in [0.29, 0.717) is 42.8 Å². The van der Waals surface area contributed by atoms with E-state index in [-0.39, 0.29) is 18.0 Å². The number of benzene rings is 3. The molecule has 3 aromatic rings. The molecule has 1 amide bonds. The molecule has 0 aromatic heterocycles. The lowest BCUT2D eigenvalue weighted by atomic mass is 10.0. The minimum Gasteiger partial charge on any atom is -0.336 e. The third kappa shape index (κ3) is 4.79. The van der Waals surface area contributed by atoms with Crippen LogP contribution in [-0.4, -0.2) is 41.9 Å². The van der Waals surface area contributed by atoms with Crippen LogP contribution in [0.15, 0.2) is 66.9 Å². The number of anilines is 2. The first kappa shape index (κ1) is 23.5. The van der Waals surface area contributed by atoms with Crippen molar-refractivity contribution in [3.63, 3.8) is 0 Å². The van der Waals surface area contributed by atoms with Crippen molar-refractivity contribution in [2.45, 2.75) is 13.0 Å². The van der Waals surface area contributed by atoms with E-state index in [2.05, 4.69) is 23.1 Å². The largest absolute Gasteiger partial charge is 0.336 e. The number of carbonyl (C=O) groups excluding carboxylic acids is 1. The number of nitrogens with zero attached hydrogens (tertiary/aromatic N) is 3. The van der Waals surface area contributed by atoms with Gasteiger partial charge in [0.25, 0.3) is 5.91 Å². The first-order chi connectivity index (χ1) is 16.9. The van der Waals surface area contributed by atoms with Gasteiger partial charge >= 0.3 is 0 Å². The van der Waals surface area contributed by atoms with Gasteiger partial charge in [-0.3, -0.25) is 9.69 Å². The van der Waals surface area contributed by atoms with E-state index in [9.17, 15) is 18.0 Å². The molecule has 0 saturated carbocycles. The SMILES string of the molecule is O=C(c1ccc(N2C=CCc3ccccc32)cc1Cl)N1CCN(Cc2cc(F)c(F)cc2F)CC1. The summed E-state index contributed by atoms with van der Waals surface area (Å²) < 4.78 is 40.7. The van der Waals surface area contributed by atoms with Crippen molar-refractivity contribution in [3.8, 4) is 0 Å². The summed E-state index contributed by atoms with van der Waals surface area (Å²) in [6.45, 7) is 1.95. The smallest absolute Gasteiger partial charge is 0.255 e. The van der Waals surface area contributed by atoms with Crippen molar-refractivity contribution in [2.24, 2.45) is 0 Å². The summed E-state index contributed by atoms with van der Waals surface area (Å²) in [7, 11) is 0. The number of allylic oxidation sites excluding steroid dienone is 1. The second-order valence-electron chi connectivity index (χ2n) is 8.68. The van der Waals surface area contributed by atoms with Crippen LogP contribution >= 0.6 is 11.6 Å². The maximum atomic E-state index is 14.0. The fraction of sp³-hybridized carbons (Fsp3) is 0.222. The highest BCUT2D eigenvalue weighted by Crippen LogP contribution is 2.35. The zero-order valence-corrected chi connectivity index (χ0v) is 19.6. The molecule has 1 fully saturated rings. The topological polar surface area (TPSA) is 26.8 Å². The molecule has 3 aromatic carbocycles. The Balaban J connectivity index is 1.25. The van der Waals surface area contributed by atoms with Crippen molar-refractivity contribution in [2.75, 3.05) is 31.1 Å². The summed E-state index contributed by atoms with van der Waals surface area (Å²) in [5.74, 6) is -3.22. The average Bonchev–Trinajstić information content (AvgIpc) is 2.87. The number of halogens is 4. The van der Waals surface area contributed by atoms with E-state index in [4.69, 9.17) is 11.6 Å². The van der Waals surface area contributed by atoms with Gasteiger partial charge in [0, 0.05) is 61.9 Å². The summed E-state index contributed by atoms with van der Waals surface area (Å²) >= 11 is 6.55. The van der Waals surface area contributed by atoms with Crippen LogP contribution < -0.4 is 4.90 Å². The predicted octanol–water partition coefficient (Wildman–Crippen LogP) is 5.92. The minimum absolute atomic E-state index is 0.0932. The summed E-state index contributed by atoms with van der Waals surface area (Å²) in [6.07, 6.45) is 4.96. The van der Waals surface area contributed by atoms with Crippen LogP contribution in [0.25, 0.3) is 0 Å². The number of amides is 1. The second-order valence-corrected chi connectivity index (χ2v) is 9.09. The van der Waals surface area contributed by atoms with E-state index in [1.54, 1.807) is 17.0 Å². The van der Waals surface area contributed by atoms with E-state index < -0.39 is 17.5 Å². The number of hydrogen-bond donors (Lipinski definition) is 0. The number of piperazine rings is 1. The highest BCUT2D eigenvalue weighted by atomic mass is 35.5. The Labute approximate surface area is 206 Å². The maximum Gasteiger partial charge on any atom is 0.255 e. The molecule has 8 heteroatoms. The third-order valence-electron chi connectivity index (χ3n) is 6.45. The van der Waals surface area contributed by atoms with Gasteiger partial charge in [0.2, 0.25) is 0 Å². The van der Waals surface area contributed by atoms with Crippen LogP contribution in [0.5, 0.6) is 0 Å². The lowest BCUT2D eigenvalue weighted by Gasteiger charge is -2.35. The van der Waals surface area contributed by atoms with Crippen molar-refractivity contribution in [1.29, 1.82) is 0 Å². The average molecular weight is 498 g/mol. The van der Waals surface area contributed by atoms with Crippen LogP contribution in [0.1, 0.15) is 21.5 Å². The predicted molar refractivity (Wildman–Crippen MR) is 130 cm³/mol. The van der Waals surface area contributed by atoms with Crippen LogP contribution in [-0.2, 0) is 13.0 Å². The molecule has 1 saturated heterocycles. The summed E-state index contributed by atoms with van der Waals surface area (Å²) in [6, 6.07) is 15.0. The van der Waals surface area contributed by atoms with Gasteiger partial charge in [-0.1, -0.05) is 35.9 Å². The molecule has 0 atom stereocenters. The van der Waals surface area contributed by atoms with Gasteiger partial charge in [0.05, 0.1) is 10.6 Å². The fourth-order valence-corrected chi connectivity index (χ4v) is 4.80. The normalized spacial score (nSPS) is 15.9. The molecular formula is C27H23ClF3N3O. The minimum atomic E-state index is -1.20. The highest BCUT2D eigenvalue weighted by molar-refractivity contribution is 6.34. The Morgan fingerprint density at radius 1 is 0.886 bits per heavy atom. The lowest BCUT2D eigenvalue weighted by molar-refractivity contribution is 0.0627. The number of hydrogen-bond acceptors (Lipinski definition) is 3. The van der Waals surface area contributed by atoms with Crippen molar-refractivity contribution < 1.29 is 18.0 Å². The van der Waals surface area contributed by atoms with Crippen molar-refractivity contribution in [3.05, 3.63) is 106 Å². The molecule has 5 rings (SSSR count). The Bertz CT molecular complexity index is 1300. The third-order valence-corrected chi connectivity index (χ3v) is 6.76. The molecule has 0 radical (unpaired) electrons. The van der Waals surface area contributed by atoms with Gasteiger partial charge in [-0.2, -0.15) is 0 Å². The molecule has 0 bridgehead atoms. The van der Waals surface area contributed by atoms with Crippen LogP contribution in [0.4, 0.5) is 24.5 Å². The van der Waals surface area contributed by atoms with Gasteiger partial charge in [-0.25, -0.2) is 13.2 Å². The number of fused-ring (bicyclic) bond motifs is 1. The molecule has 0 N–H and O–H groups in total. The monoisotopic (exact) mass is 497 g/mol. The van der Waals surface area contributed by atoms with E-state index in [1.165, 1.54) is 5.56 Å². The van der Waals surface area contributed by atoms with E-state index >= 15 is 0 Å². The summed E-state index contributed by atoms with van der Waals surface area (Å²) in [5, 5.41) is 0.371. The van der Waals surface area contributed by atoms with Crippen LogP contribution in [0.3, 0.4) is 0 Å². The van der Waals surface area contributed by atoms with E-state index in [1.807, 2.05) is 29.3 Å². The zero-order chi connectivity index (χ0) is 24.5. The van der Waals surface area contributed by atoms with Crippen LogP contribution in [0, 0.1) is 17.5 Å². The fourth-order valence-electron chi connectivity index (χ4n) is 4.54. The molecule has 0 aliphatic carbocycles. The van der Waals surface area contributed by atoms with Gasteiger partial charge in [-0.15, -0.1) is 0 Å². The highest BCUT2D eigenvalue weighted by Gasteiger charge is 2.25.